The molecule has 7 heteroatoms. The van der Waals surface area contributed by atoms with Crippen molar-refractivity contribution in [1.82, 2.24) is 15.8 Å². The Morgan fingerprint density at radius 2 is 2.16 bits per heavy atom. The predicted octanol–water partition coefficient (Wildman–Crippen LogP) is 1.86. The van der Waals surface area contributed by atoms with Gasteiger partial charge in [0.05, 0.1) is 12.1 Å². The van der Waals surface area contributed by atoms with Gasteiger partial charge in [-0.1, -0.05) is 6.07 Å². The summed E-state index contributed by atoms with van der Waals surface area (Å²) >= 11 is 0. The molecule has 0 aliphatic carbocycles. The van der Waals surface area contributed by atoms with Crippen LogP contribution in [0.2, 0.25) is 0 Å². The van der Waals surface area contributed by atoms with E-state index in [4.69, 9.17) is 4.42 Å². The first-order valence-corrected chi connectivity index (χ1v) is 5.89. The van der Waals surface area contributed by atoms with Crippen molar-refractivity contribution in [3.05, 3.63) is 58.1 Å². The van der Waals surface area contributed by atoms with Gasteiger partial charge >= 0.3 is 5.88 Å². The first kappa shape index (κ1) is 11.8. The van der Waals surface area contributed by atoms with Crippen LogP contribution in [0, 0.1) is 10.1 Å². The second-order valence-electron chi connectivity index (χ2n) is 4.35. The van der Waals surface area contributed by atoms with E-state index in [1.165, 1.54) is 6.07 Å². The van der Waals surface area contributed by atoms with Crippen molar-refractivity contribution in [2.24, 2.45) is 0 Å². The predicted molar refractivity (Wildman–Crippen MR) is 66.0 cm³/mol. The summed E-state index contributed by atoms with van der Waals surface area (Å²) in [6, 6.07) is 6.89. The van der Waals surface area contributed by atoms with Crippen molar-refractivity contribution < 1.29 is 9.34 Å². The van der Waals surface area contributed by atoms with Gasteiger partial charge in [0, 0.05) is 18.4 Å². The molecule has 2 N–H and O–H groups in total. The van der Waals surface area contributed by atoms with Crippen molar-refractivity contribution in [3.8, 4) is 0 Å². The Bertz CT molecular complexity index is 584. The maximum Gasteiger partial charge on any atom is 0.433 e. The van der Waals surface area contributed by atoms with Crippen LogP contribution in [-0.2, 0) is 0 Å². The van der Waals surface area contributed by atoms with Gasteiger partial charge in [0.2, 0.25) is 0 Å². The highest BCUT2D eigenvalue weighted by atomic mass is 16.6. The average Bonchev–Trinajstić information content (AvgIpc) is 3.09. The van der Waals surface area contributed by atoms with E-state index in [2.05, 4.69) is 15.8 Å². The molecule has 2 aromatic heterocycles. The number of nitro groups is 1. The molecule has 0 bridgehead atoms. The van der Waals surface area contributed by atoms with Crippen molar-refractivity contribution in [2.75, 3.05) is 0 Å². The van der Waals surface area contributed by atoms with Crippen LogP contribution in [0.4, 0.5) is 5.88 Å². The Morgan fingerprint density at radius 3 is 2.84 bits per heavy atom. The summed E-state index contributed by atoms with van der Waals surface area (Å²) in [5.74, 6) is 0.326. The summed E-state index contributed by atoms with van der Waals surface area (Å²) in [6.45, 7) is 0. The van der Waals surface area contributed by atoms with Gasteiger partial charge in [0.25, 0.3) is 0 Å². The number of hydrogen-bond donors (Lipinski definition) is 2. The van der Waals surface area contributed by atoms with Crippen molar-refractivity contribution >= 4 is 5.88 Å². The Balaban J connectivity index is 1.73. The minimum atomic E-state index is -0.537. The van der Waals surface area contributed by atoms with E-state index in [1.807, 2.05) is 12.1 Å². The SMILES string of the molecule is O=[N+]([O-])c1ccc(C2CC(c3cccnc3)NN2)o1. The third kappa shape index (κ3) is 2.33. The minimum absolute atomic E-state index is 0.0843. The van der Waals surface area contributed by atoms with Crippen LogP contribution < -0.4 is 10.9 Å². The molecule has 0 aromatic carbocycles. The van der Waals surface area contributed by atoms with Gasteiger partial charge in [-0.05, 0) is 24.1 Å². The van der Waals surface area contributed by atoms with Crippen LogP contribution in [0.25, 0.3) is 0 Å². The van der Waals surface area contributed by atoms with Gasteiger partial charge < -0.3 is 4.42 Å². The summed E-state index contributed by atoms with van der Waals surface area (Å²) in [6.07, 6.45) is 4.27. The smallest absolute Gasteiger partial charge is 0.404 e. The zero-order chi connectivity index (χ0) is 13.2. The number of nitrogens with one attached hydrogen (secondary N) is 2. The molecule has 7 nitrogen and oxygen atoms in total. The lowest BCUT2D eigenvalue weighted by Gasteiger charge is -2.07. The summed E-state index contributed by atoms with van der Waals surface area (Å²) < 4.78 is 5.20. The molecule has 0 spiro atoms. The molecule has 1 saturated heterocycles. The van der Waals surface area contributed by atoms with Crippen LogP contribution in [0.3, 0.4) is 0 Å². The topological polar surface area (TPSA) is 93.2 Å². The van der Waals surface area contributed by atoms with E-state index in [1.54, 1.807) is 18.5 Å². The molecular weight excluding hydrogens is 248 g/mol. The highest BCUT2D eigenvalue weighted by molar-refractivity contribution is 5.22. The standard InChI is InChI=1S/C12H12N4O3/c17-16(18)12-4-3-11(19-12)10-6-9(14-15-10)8-2-1-5-13-7-8/h1-5,7,9-10,14-15H,6H2. The van der Waals surface area contributed by atoms with Gasteiger partial charge in [-0.3, -0.25) is 15.1 Å². The van der Waals surface area contributed by atoms with Gasteiger partial charge in [-0.15, -0.1) is 0 Å². The fraction of sp³-hybridized carbons (Fsp3) is 0.250. The summed E-state index contributed by atoms with van der Waals surface area (Å²) in [7, 11) is 0. The molecule has 0 radical (unpaired) electrons. The molecule has 2 unspecified atom stereocenters. The fourth-order valence-corrected chi connectivity index (χ4v) is 2.17. The Kier molecular flexibility index (Phi) is 2.98. The molecule has 19 heavy (non-hydrogen) atoms. The molecule has 2 atom stereocenters. The second-order valence-corrected chi connectivity index (χ2v) is 4.35. The number of pyridine rings is 1. The number of furan rings is 1. The van der Waals surface area contributed by atoms with Gasteiger partial charge in [-0.25, -0.2) is 10.9 Å². The normalized spacial score (nSPS) is 22.5. The lowest BCUT2D eigenvalue weighted by Crippen LogP contribution is -2.26. The zero-order valence-corrected chi connectivity index (χ0v) is 9.95. The Hall–Kier alpha value is -2.25. The van der Waals surface area contributed by atoms with E-state index >= 15 is 0 Å². The minimum Gasteiger partial charge on any atom is -0.404 e. The zero-order valence-electron chi connectivity index (χ0n) is 9.95. The maximum absolute atomic E-state index is 10.6. The Labute approximate surface area is 108 Å². The van der Waals surface area contributed by atoms with E-state index in [0.29, 0.717) is 5.76 Å². The highest BCUT2D eigenvalue weighted by Crippen LogP contribution is 2.32. The van der Waals surface area contributed by atoms with Crippen LogP contribution >= 0.6 is 0 Å². The monoisotopic (exact) mass is 260 g/mol. The van der Waals surface area contributed by atoms with Crippen molar-refractivity contribution in [3.63, 3.8) is 0 Å². The quantitative estimate of drug-likeness (QED) is 0.646. The van der Waals surface area contributed by atoms with E-state index in [0.717, 1.165) is 12.0 Å². The van der Waals surface area contributed by atoms with Crippen LogP contribution in [0.1, 0.15) is 29.8 Å². The molecule has 0 amide bonds. The molecule has 1 aliphatic heterocycles. The van der Waals surface area contributed by atoms with Gasteiger partial charge in [-0.2, -0.15) is 0 Å². The number of aromatic nitrogens is 1. The van der Waals surface area contributed by atoms with Crippen molar-refractivity contribution in [2.45, 2.75) is 18.5 Å². The molecular formula is C12H12N4O3. The molecule has 98 valence electrons. The van der Waals surface area contributed by atoms with Crippen LogP contribution in [0.5, 0.6) is 0 Å². The fourth-order valence-electron chi connectivity index (χ4n) is 2.17. The Morgan fingerprint density at radius 1 is 1.32 bits per heavy atom. The third-order valence-electron chi connectivity index (χ3n) is 3.13. The largest absolute Gasteiger partial charge is 0.433 e. The molecule has 1 fully saturated rings. The summed E-state index contributed by atoms with van der Waals surface area (Å²) in [4.78, 5) is 14.1. The maximum atomic E-state index is 10.6. The number of rotatable bonds is 3. The third-order valence-corrected chi connectivity index (χ3v) is 3.13. The summed E-state index contributed by atoms with van der Waals surface area (Å²) in [5.41, 5.74) is 7.29. The van der Waals surface area contributed by atoms with E-state index in [-0.39, 0.29) is 18.0 Å². The van der Waals surface area contributed by atoms with Crippen LogP contribution in [0.15, 0.2) is 41.1 Å². The molecule has 0 saturated carbocycles. The van der Waals surface area contributed by atoms with Gasteiger partial charge in [0.15, 0.2) is 0 Å². The van der Waals surface area contributed by atoms with Crippen molar-refractivity contribution in [1.29, 1.82) is 0 Å². The molecule has 1 aliphatic rings. The molecule has 2 aromatic rings. The number of nitrogens with zero attached hydrogens (tertiary/aromatic N) is 2. The van der Waals surface area contributed by atoms with E-state index in [9.17, 15) is 10.1 Å². The second kappa shape index (κ2) is 4.79. The lowest BCUT2D eigenvalue weighted by atomic mass is 10.0. The van der Waals surface area contributed by atoms with Crippen LogP contribution in [-0.4, -0.2) is 9.91 Å². The summed E-state index contributed by atoms with van der Waals surface area (Å²) in [5, 5.41) is 10.6. The van der Waals surface area contributed by atoms with Gasteiger partial charge in [0.1, 0.15) is 10.7 Å². The van der Waals surface area contributed by atoms with E-state index < -0.39 is 4.92 Å². The average molecular weight is 260 g/mol. The lowest BCUT2D eigenvalue weighted by molar-refractivity contribution is -0.402. The molecule has 3 heterocycles. The first-order chi connectivity index (χ1) is 9.24. The number of hydrazine groups is 1. The molecule has 3 rings (SSSR count). The highest BCUT2D eigenvalue weighted by Gasteiger charge is 2.29. The number of hydrogen-bond acceptors (Lipinski definition) is 6. The first-order valence-electron chi connectivity index (χ1n) is 5.89.